The van der Waals surface area contributed by atoms with E-state index in [1.165, 1.54) is 4.31 Å². The molecule has 0 unspecified atom stereocenters. The van der Waals surface area contributed by atoms with E-state index < -0.39 is 10.0 Å². The molecule has 2 aliphatic rings. The van der Waals surface area contributed by atoms with Crippen LogP contribution in [0.3, 0.4) is 0 Å². The molecule has 1 aromatic carbocycles. The third kappa shape index (κ3) is 5.88. The van der Waals surface area contributed by atoms with Crippen molar-refractivity contribution in [2.75, 3.05) is 52.5 Å². The van der Waals surface area contributed by atoms with Gasteiger partial charge in [0.1, 0.15) is 0 Å². The zero-order chi connectivity index (χ0) is 23.1. The lowest BCUT2D eigenvalue weighted by Crippen LogP contribution is -2.47. The number of aryl methyl sites for hydroxylation is 1. The van der Waals surface area contributed by atoms with E-state index in [2.05, 4.69) is 0 Å². The van der Waals surface area contributed by atoms with E-state index in [1.54, 1.807) is 24.3 Å². The standard InChI is InChI=1S/C23H35N3O5S/c1-3-26(4-2)32(29,30)21-8-5-19(6-9-21)7-10-22(27)24-13-11-20(12-14-24)23(28)25-15-17-31-18-16-25/h5-6,8-9,20H,3-4,7,10-18H2,1-2H3. The van der Waals surface area contributed by atoms with Crippen LogP contribution >= 0.6 is 0 Å². The minimum atomic E-state index is -3.47. The summed E-state index contributed by atoms with van der Waals surface area (Å²) in [7, 11) is -3.47. The molecule has 2 saturated heterocycles. The fourth-order valence-corrected chi connectivity index (χ4v) is 5.83. The van der Waals surface area contributed by atoms with Gasteiger partial charge in [0.25, 0.3) is 0 Å². The number of likely N-dealkylation sites (tertiary alicyclic amines) is 1. The van der Waals surface area contributed by atoms with Crippen LogP contribution in [-0.4, -0.2) is 86.8 Å². The lowest BCUT2D eigenvalue weighted by Gasteiger charge is -2.35. The minimum Gasteiger partial charge on any atom is -0.378 e. The van der Waals surface area contributed by atoms with Gasteiger partial charge in [-0.25, -0.2) is 8.42 Å². The Balaban J connectivity index is 1.46. The van der Waals surface area contributed by atoms with Crippen molar-refractivity contribution in [1.82, 2.24) is 14.1 Å². The van der Waals surface area contributed by atoms with Crippen LogP contribution in [0.1, 0.15) is 38.7 Å². The smallest absolute Gasteiger partial charge is 0.243 e. The van der Waals surface area contributed by atoms with Crippen molar-refractivity contribution >= 4 is 21.8 Å². The van der Waals surface area contributed by atoms with Gasteiger partial charge in [-0.05, 0) is 37.0 Å². The highest BCUT2D eigenvalue weighted by Gasteiger charge is 2.30. The SMILES string of the molecule is CCN(CC)S(=O)(=O)c1ccc(CCC(=O)N2CCC(C(=O)N3CCOCC3)CC2)cc1. The van der Waals surface area contributed by atoms with E-state index in [9.17, 15) is 18.0 Å². The molecule has 9 heteroatoms. The lowest BCUT2D eigenvalue weighted by atomic mass is 9.94. The average Bonchev–Trinajstić information content (AvgIpc) is 2.83. The van der Waals surface area contributed by atoms with Crippen molar-refractivity contribution in [3.63, 3.8) is 0 Å². The first-order valence-electron chi connectivity index (χ1n) is 11.6. The largest absolute Gasteiger partial charge is 0.378 e. The number of hydrogen-bond donors (Lipinski definition) is 0. The van der Waals surface area contributed by atoms with E-state index in [4.69, 9.17) is 4.74 Å². The van der Waals surface area contributed by atoms with Crippen molar-refractivity contribution in [2.24, 2.45) is 5.92 Å². The van der Waals surface area contributed by atoms with Gasteiger partial charge in [0.2, 0.25) is 21.8 Å². The number of hydrogen-bond acceptors (Lipinski definition) is 5. The summed E-state index contributed by atoms with van der Waals surface area (Å²) in [4.78, 5) is 29.3. The first-order chi connectivity index (χ1) is 15.4. The Hall–Kier alpha value is -1.97. The molecule has 0 N–H and O–H groups in total. The van der Waals surface area contributed by atoms with Crippen LogP contribution in [-0.2, 0) is 30.8 Å². The quantitative estimate of drug-likeness (QED) is 0.584. The van der Waals surface area contributed by atoms with Crippen molar-refractivity contribution in [3.05, 3.63) is 29.8 Å². The molecule has 0 radical (unpaired) electrons. The molecule has 0 aliphatic carbocycles. The van der Waals surface area contributed by atoms with Crippen molar-refractivity contribution in [3.8, 4) is 0 Å². The van der Waals surface area contributed by atoms with Gasteiger partial charge in [-0.2, -0.15) is 4.31 Å². The topological polar surface area (TPSA) is 87.2 Å². The molecule has 0 saturated carbocycles. The first kappa shape index (κ1) is 24.7. The van der Waals surface area contributed by atoms with Crippen LogP contribution in [0, 0.1) is 5.92 Å². The van der Waals surface area contributed by atoms with Crippen LogP contribution in [0.2, 0.25) is 0 Å². The summed E-state index contributed by atoms with van der Waals surface area (Å²) in [5, 5.41) is 0. The van der Waals surface area contributed by atoms with Gasteiger partial charge < -0.3 is 14.5 Å². The Morgan fingerprint density at radius 3 is 2.12 bits per heavy atom. The fraction of sp³-hybridized carbons (Fsp3) is 0.652. The summed E-state index contributed by atoms with van der Waals surface area (Å²) >= 11 is 0. The number of sulfonamides is 1. The van der Waals surface area contributed by atoms with E-state index in [1.807, 2.05) is 23.6 Å². The molecule has 0 aromatic heterocycles. The number of carbonyl (C=O) groups is 2. The van der Waals surface area contributed by atoms with Crippen LogP contribution in [0.25, 0.3) is 0 Å². The summed E-state index contributed by atoms with van der Waals surface area (Å²) < 4.78 is 31.9. The second-order valence-electron chi connectivity index (χ2n) is 8.33. The molecule has 32 heavy (non-hydrogen) atoms. The van der Waals surface area contributed by atoms with Gasteiger partial charge in [-0.1, -0.05) is 26.0 Å². The van der Waals surface area contributed by atoms with Crippen molar-refractivity contribution in [1.29, 1.82) is 0 Å². The highest BCUT2D eigenvalue weighted by Crippen LogP contribution is 2.22. The number of amides is 2. The van der Waals surface area contributed by atoms with Crippen LogP contribution in [0.15, 0.2) is 29.2 Å². The molecule has 0 bridgehead atoms. The molecule has 2 fully saturated rings. The molecule has 0 spiro atoms. The van der Waals surface area contributed by atoms with Crippen molar-refractivity contribution in [2.45, 2.75) is 44.4 Å². The maximum atomic E-state index is 12.7. The molecule has 8 nitrogen and oxygen atoms in total. The molecule has 2 heterocycles. The summed E-state index contributed by atoms with van der Waals surface area (Å²) in [6, 6.07) is 6.82. The minimum absolute atomic E-state index is 0.00236. The van der Waals surface area contributed by atoms with Crippen LogP contribution in [0.5, 0.6) is 0 Å². The normalized spacial score (nSPS) is 18.2. The zero-order valence-electron chi connectivity index (χ0n) is 19.2. The summed E-state index contributed by atoms with van der Waals surface area (Å²) in [6.07, 6.45) is 2.36. The van der Waals surface area contributed by atoms with E-state index >= 15 is 0 Å². The third-order valence-corrected chi connectivity index (χ3v) is 8.48. The summed E-state index contributed by atoms with van der Waals surface area (Å²) in [5.74, 6) is 0.278. The molecular formula is C23H35N3O5S. The second-order valence-corrected chi connectivity index (χ2v) is 10.3. The molecule has 0 atom stereocenters. The molecule has 178 valence electrons. The fourth-order valence-electron chi connectivity index (χ4n) is 4.37. The Labute approximate surface area is 191 Å². The number of rotatable bonds is 8. The van der Waals surface area contributed by atoms with Gasteiger partial charge in [0.05, 0.1) is 18.1 Å². The van der Waals surface area contributed by atoms with Gasteiger partial charge in [0, 0.05) is 51.6 Å². The molecule has 2 aliphatic heterocycles. The zero-order valence-corrected chi connectivity index (χ0v) is 20.0. The highest BCUT2D eigenvalue weighted by molar-refractivity contribution is 7.89. The Bertz CT molecular complexity index is 869. The van der Waals surface area contributed by atoms with E-state index in [-0.39, 0.29) is 22.6 Å². The number of piperidine rings is 1. The maximum Gasteiger partial charge on any atom is 0.243 e. The number of morpholine rings is 1. The Morgan fingerprint density at radius 1 is 0.969 bits per heavy atom. The molecule has 1 aromatic rings. The maximum absolute atomic E-state index is 12.7. The number of benzene rings is 1. The highest BCUT2D eigenvalue weighted by atomic mass is 32.2. The first-order valence-corrected chi connectivity index (χ1v) is 13.0. The Morgan fingerprint density at radius 2 is 1.56 bits per heavy atom. The van der Waals surface area contributed by atoms with Crippen LogP contribution < -0.4 is 0 Å². The van der Waals surface area contributed by atoms with E-state index in [0.717, 1.165) is 5.56 Å². The number of carbonyl (C=O) groups excluding carboxylic acids is 2. The molecule has 2 amide bonds. The van der Waals surface area contributed by atoms with Crippen LogP contribution in [0.4, 0.5) is 0 Å². The summed E-state index contributed by atoms with van der Waals surface area (Å²) in [6.45, 7) is 8.26. The third-order valence-electron chi connectivity index (χ3n) is 6.41. The Kier molecular flexibility index (Phi) is 8.67. The second kappa shape index (κ2) is 11.2. The van der Waals surface area contributed by atoms with Gasteiger partial charge >= 0.3 is 0 Å². The van der Waals surface area contributed by atoms with Gasteiger partial charge in [-0.3, -0.25) is 9.59 Å². The van der Waals surface area contributed by atoms with Crippen molar-refractivity contribution < 1.29 is 22.7 Å². The number of ether oxygens (including phenoxy) is 1. The van der Waals surface area contributed by atoms with E-state index in [0.29, 0.717) is 78.2 Å². The molecular weight excluding hydrogens is 430 g/mol. The lowest BCUT2D eigenvalue weighted by molar-refractivity contribution is -0.143. The molecule has 3 rings (SSSR count). The van der Waals surface area contributed by atoms with Gasteiger partial charge in [-0.15, -0.1) is 0 Å². The predicted molar refractivity (Wildman–Crippen MR) is 122 cm³/mol. The van der Waals surface area contributed by atoms with Gasteiger partial charge in [0.15, 0.2) is 0 Å². The monoisotopic (exact) mass is 465 g/mol. The average molecular weight is 466 g/mol. The number of nitrogens with zero attached hydrogens (tertiary/aromatic N) is 3. The predicted octanol–water partition coefficient (Wildman–Crippen LogP) is 1.75. The summed E-state index contributed by atoms with van der Waals surface area (Å²) in [5.41, 5.74) is 0.939.